The minimum absolute atomic E-state index is 0.0261. The van der Waals surface area contributed by atoms with Gasteiger partial charge in [-0.3, -0.25) is 9.78 Å². The van der Waals surface area contributed by atoms with E-state index in [1.165, 1.54) is 18.6 Å². The summed E-state index contributed by atoms with van der Waals surface area (Å²) in [5.41, 5.74) is 2.58. The fourth-order valence-corrected chi connectivity index (χ4v) is 2.68. The van der Waals surface area contributed by atoms with Crippen LogP contribution in [0.15, 0.2) is 42.7 Å². The average molecular weight is 298 g/mol. The van der Waals surface area contributed by atoms with Gasteiger partial charge in [-0.1, -0.05) is 12.1 Å². The fourth-order valence-electron chi connectivity index (χ4n) is 2.68. The minimum Gasteiger partial charge on any atom is -0.339 e. The zero-order chi connectivity index (χ0) is 15.5. The average Bonchev–Trinajstić information content (AvgIpc) is 2.47. The van der Waals surface area contributed by atoms with E-state index in [-0.39, 0.29) is 11.7 Å². The molecule has 1 amide bonds. The van der Waals surface area contributed by atoms with E-state index in [9.17, 15) is 9.18 Å². The van der Waals surface area contributed by atoms with Gasteiger partial charge in [-0.05, 0) is 55.0 Å². The Kier molecular flexibility index (Phi) is 4.18. The summed E-state index contributed by atoms with van der Waals surface area (Å²) < 4.78 is 12.9. The van der Waals surface area contributed by atoms with Crippen molar-refractivity contribution in [2.75, 3.05) is 7.05 Å². The Morgan fingerprint density at radius 3 is 2.59 bits per heavy atom. The first-order valence-corrected chi connectivity index (χ1v) is 7.59. The lowest BCUT2D eigenvalue weighted by atomic mass is 9.91. The molecular weight excluding hydrogens is 279 g/mol. The Balaban J connectivity index is 1.74. The van der Waals surface area contributed by atoms with E-state index < -0.39 is 0 Å². The van der Waals surface area contributed by atoms with Gasteiger partial charge in [0.05, 0.1) is 5.56 Å². The highest BCUT2D eigenvalue weighted by atomic mass is 19.1. The Morgan fingerprint density at radius 1 is 1.23 bits per heavy atom. The van der Waals surface area contributed by atoms with Crippen LogP contribution in [0.5, 0.6) is 0 Å². The Labute approximate surface area is 129 Å². The van der Waals surface area contributed by atoms with Gasteiger partial charge in [0.15, 0.2) is 0 Å². The predicted molar refractivity (Wildman–Crippen MR) is 83.2 cm³/mol. The molecule has 3 nitrogen and oxygen atoms in total. The molecule has 0 spiro atoms. The third-order valence-electron chi connectivity index (χ3n) is 4.31. The van der Waals surface area contributed by atoms with Gasteiger partial charge < -0.3 is 4.90 Å². The van der Waals surface area contributed by atoms with Gasteiger partial charge in [-0.15, -0.1) is 0 Å². The van der Waals surface area contributed by atoms with Crippen LogP contribution >= 0.6 is 0 Å². The van der Waals surface area contributed by atoms with E-state index in [4.69, 9.17) is 0 Å². The van der Waals surface area contributed by atoms with E-state index in [1.54, 1.807) is 24.5 Å². The lowest BCUT2D eigenvalue weighted by Gasteiger charge is -2.34. The maximum Gasteiger partial charge on any atom is 0.255 e. The van der Waals surface area contributed by atoms with Gasteiger partial charge in [0.1, 0.15) is 5.82 Å². The van der Waals surface area contributed by atoms with Crippen LogP contribution in [0.25, 0.3) is 0 Å². The van der Waals surface area contributed by atoms with Crippen LogP contribution in [0, 0.1) is 5.82 Å². The smallest absolute Gasteiger partial charge is 0.255 e. The molecule has 1 fully saturated rings. The molecule has 0 bridgehead atoms. The van der Waals surface area contributed by atoms with E-state index in [1.807, 2.05) is 18.0 Å². The summed E-state index contributed by atoms with van der Waals surface area (Å²) >= 11 is 0. The highest BCUT2D eigenvalue weighted by molar-refractivity contribution is 5.94. The first kappa shape index (κ1) is 14.7. The molecule has 1 saturated carbocycles. The zero-order valence-corrected chi connectivity index (χ0v) is 12.6. The number of aromatic nitrogens is 1. The Hall–Kier alpha value is -2.23. The summed E-state index contributed by atoms with van der Waals surface area (Å²) in [5, 5.41) is 0. The predicted octanol–water partition coefficient (Wildman–Crippen LogP) is 3.44. The van der Waals surface area contributed by atoms with Crippen LogP contribution in [-0.2, 0) is 6.42 Å². The van der Waals surface area contributed by atoms with Crippen molar-refractivity contribution in [1.29, 1.82) is 0 Å². The minimum atomic E-state index is -0.243. The number of pyridine rings is 1. The maximum absolute atomic E-state index is 12.9. The van der Waals surface area contributed by atoms with Crippen molar-refractivity contribution in [3.8, 4) is 0 Å². The second kappa shape index (κ2) is 6.26. The fraction of sp³-hybridized carbons (Fsp3) is 0.333. The monoisotopic (exact) mass is 298 g/mol. The van der Waals surface area contributed by atoms with Gasteiger partial charge in [0.2, 0.25) is 0 Å². The molecule has 0 atom stereocenters. The molecule has 1 aromatic heterocycles. The van der Waals surface area contributed by atoms with Gasteiger partial charge in [0, 0.05) is 25.5 Å². The topological polar surface area (TPSA) is 33.2 Å². The molecule has 2 aromatic rings. The molecule has 0 unspecified atom stereocenters. The Bertz CT molecular complexity index is 665. The summed E-state index contributed by atoms with van der Waals surface area (Å²) in [4.78, 5) is 18.5. The first-order valence-electron chi connectivity index (χ1n) is 7.59. The van der Waals surface area contributed by atoms with Gasteiger partial charge in [0.25, 0.3) is 5.91 Å². The summed E-state index contributed by atoms with van der Waals surface area (Å²) in [6.45, 7) is 0. The normalized spacial score (nSPS) is 14.5. The third kappa shape index (κ3) is 3.16. The number of benzene rings is 1. The highest BCUT2D eigenvalue weighted by Gasteiger charge is 2.26. The van der Waals surface area contributed by atoms with Crippen molar-refractivity contribution >= 4 is 5.91 Å². The first-order chi connectivity index (χ1) is 10.6. The second-order valence-electron chi connectivity index (χ2n) is 5.89. The number of amides is 1. The molecule has 1 aliphatic carbocycles. The van der Waals surface area contributed by atoms with Crippen LogP contribution in [0.4, 0.5) is 4.39 Å². The number of hydrogen-bond acceptors (Lipinski definition) is 2. The van der Waals surface area contributed by atoms with Crippen LogP contribution in [-0.4, -0.2) is 28.9 Å². The molecule has 0 saturated heterocycles. The molecule has 0 N–H and O–H groups in total. The molecular formula is C18H19FN2O. The third-order valence-corrected chi connectivity index (χ3v) is 4.31. The van der Waals surface area contributed by atoms with Gasteiger partial charge >= 0.3 is 0 Å². The van der Waals surface area contributed by atoms with E-state index in [0.29, 0.717) is 18.0 Å². The number of hydrogen-bond donors (Lipinski definition) is 0. The van der Waals surface area contributed by atoms with Crippen molar-refractivity contribution < 1.29 is 9.18 Å². The SMILES string of the molecule is CN(C(=O)c1cncc(Cc2ccc(F)cc2)c1)C1CCC1. The standard InChI is InChI=1S/C18H19FN2O/c1-21(17-3-2-4-17)18(22)15-10-14(11-20-12-15)9-13-5-7-16(19)8-6-13/h5-8,10-12,17H,2-4,9H2,1H3. The number of carbonyl (C=O) groups excluding carboxylic acids is 1. The molecule has 114 valence electrons. The number of nitrogens with zero attached hydrogens (tertiary/aromatic N) is 2. The molecule has 22 heavy (non-hydrogen) atoms. The van der Waals surface area contributed by atoms with E-state index >= 15 is 0 Å². The van der Waals surface area contributed by atoms with Crippen molar-refractivity contribution in [2.24, 2.45) is 0 Å². The summed E-state index contributed by atoms with van der Waals surface area (Å²) in [6, 6.07) is 8.65. The van der Waals surface area contributed by atoms with Crippen LogP contribution in [0.2, 0.25) is 0 Å². The van der Waals surface area contributed by atoms with Crippen molar-refractivity contribution in [2.45, 2.75) is 31.7 Å². The molecule has 1 aromatic carbocycles. The Morgan fingerprint density at radius 2 is 1.95 bits per heavy atom. The van der Waals surface area contributed by atoms with E-state index in [2.05, 4.69) is 4.98 Å². The molecule has 4 heteroatoms. The lowest BCUT2D eigenvalue weighted by molar-refractivity contribution is 0.0651. The quantitative estimate of drug-likeness (QED) is 0.866. The number of carbonyl (C=O) groups is 1. The van der Waals surface area contributed by atoms with Crippen molar-refractivity contribution in [1.82, 2.24) is 9.88 Å². The second-order valence-corrected chi connectivity index (χ2v) is 5.89. The van der Waals surface area contributed by atoms with Crippen molar-refractivity contribution in [3.63, 3.8) is 0 Å². The summed E-state index contributed by atoms with van der Waals surface area (Å²) in [5.74, 6) is -0.217. The molecule has 0 aliphatic heterocycles. The molecule has 1 aliphatic rings. The van der Waals surface area contributed by atoms with E-state index in [0.717, 1.165) is 24.0 Å². The number of halogens is 1. The van der Waals surface area contributed by atoms with Crippen LogP contribution in [0.3, 0.4) is 0 Å². The number of rotatable bonds is 4. The highest BCUT2D eigenvalue weighted by Crippen LogP contribution is 2.25. The van der Waals surface area contributed by atoms with Crippen LogP contribution in [0.1, 0.15) is 40.7 Å². The van der Waals surface area contributed by atoms with Crippen molar-refractivity contribution in [3.05, 3.63) is 65.2 Å². The molecule has 3 rings (SSSR count). The lowest BCUT2D eigenvalue weighted by Crippen LogP contribution is -2.41. The van der Waals surface area contributed by atoms with Gasteiger partial charge in [-0.2, -0.15) is 0 Å². The summed E-state index contributed by atoms with van der Waals surface area (Å²) in [7, 11) is 1.86. The maximum atomic E-state index is 12.9. The molecule has 1 heterocycles. The summed E-state index contributed by atoms with van der Waals surface area (Å²) in [6.07, 6.45) is 7.39. The van der Waals surface area contributed by atoms with Crippen LogP contribution < -0.4 is 0 Å². The van der Waals surface area contributed by atoms with Gasteiger partial charge in [-0.25, -0.2) is 4.39 Å². The zero-order valence-electron chi connectivity index (χ0n) is 12.6. The largest absolute Gasteiger partial charge is 0.339 e. The molecule has 0 radical (unpaired) electrons.